The maximum atomic E-state index is 5.82. The Hall–Kier alpha value is -2.63. The van der Waals surface area contributed by atoms with Crippen molar-refractivity contribution < 1.29 is 4.74 Å². The van der Waals surface area contributed by atoms with E-state index in [0.29, 0.717) is 11.3 Å². The Bertz CT molecular complexity index is 733. The summed E-state index contributed by atoms with van der Waals surface area (Å²) in [5, 5.41) is 0. The fraction of sp³-hybridized carbons (Fsp3) is 0.154. The van der Waals surface area contributed by atoms with Crippen LogP contribution in [0.4, 0.5) is 5.82 Å². The first-order valence-electron chi connectivity index (χ1n) is 5.78. The van der Waals surface area contributed by atoms with Gasteiger partial charge in [-0.25, -0.2) is 15.0 Å². The van der Waals surface area contributed by atoms with Gasteiger partial charge in [0.2, 0.25) is 0 Å². The number of nitrogens with two attached hydrogens (primary N) is 1. The van der Waals surface area contributed by atoms with Gasteiger partial charge in [0, 0.05) is 12.6 Å². The summed E-state index contributed by atoms with van der Waals surface area (Å²) in [6, 6.07) is 7.68. The smallest absolute Gasteiger partial charge is 0.165 e. The number of aryl methyl sites for hydroxylation is 1. The van der Waals surface area contributed by atoms with Crippen LogP contribution in [0.5, 0.6) is 5.75 Å². The molecule has 0 fully saturated rings. The second-order valence-corrected chi connectivity index (χ2v) is 4.15. The molecule has 0 saturated carbocycles. The van der Waals surface area contributed by atoms with Gasteiger partial charge in [0.05, 0.1) is 7.11 Å². The highest BCUT2D eigenvalue weighted by Gasteiger charge is 2.13. The number of nitrogen functional groups attached to an aromatic ring is 1. The van der Waals surface area contributed by atoms with E-state index in [0.717, 1.165) is 22.8 Å². The monoisotopic (exact) mass is 255 g/mol. The quantitative estimate of drug-likeness (QED) is 0.752. The van der Waals surface area contributed by atoms with E-state index in [1.165, 1.54) is 6.33 Å². The molecule has 0 atom stereocenters. The topological polar surface area (TPSA) is 78.8 Å². The summed E-state index contributed by atoms with van der Waals surface area (Å²) >= 11 is 0. The first-order chi connectivity index (χ1) is 9.20. The Morgan fingerprint density at radius 1 is 1.16 bits per heavy atom. The fourth-order valence-electron chi connectivity index (χ4n) is 2.01. The maximum Gasteiger partial charge on any atom is 0.165 e. The summed E-state index contributed by atoms with van der Waals surface area (Å²) in [7, 11) is 3.54. The summed E-state index contributed by atoms with van der Waals surface area (Å²) in [6.07, 6.45) is 1.44. The van der Waals surface area contributed by atoms with E-state index in [1.807, 2.05) is 35.9 Å². The number of hydrogen-bond donors (Lipinski definition) is 1. The van der Waals surface area contributed by atoms with Crippen molar-refractivity contribution in [1.82, 2.24) is 19.5 Å². The van der Waals surface area contributed by atoms with Crippen molar-refractivity contribution in [2.24, 2.45) is 7.05 Å². The van der Waals surface area contributed by atoms with Crippen molar-refractivity contribution in [3.05, 3.63) is 30.6 Å². The minimum Gasteiger partial charge on any atom is -0.497 e. The third-order valence-electron chi connectivity index (χ3n) is 3.03. The zero-order valence-electron chi connectivity index (χ0n) is 10.7. The van der Waals surface area contributed by atoms with Gasteiger partial charge in [0.15, 0.2) is 17.0 Å². The van der Waals surface area contributed by atoms with Gasteiger partial charge in [-0.3, -0.25) is 0 Å². The van der Waals surface area contributed by atoms with Gasteiger partial charge in [-0.15, -0.1) is 0 Å². The lowest BCUT2D eigenvalue weighted by Gasteiger charge is -2.03. The molecule has 19 heavy (non-hydrogen) atoms. The highest BCUT2D eigenvalue weighted by molar-refractivity contribution is 5.85. The molecule has 2 aromatic heterocycles. The number of methoxy groups -OCH3 is 1. The average molecular weight is 255 g/mol. The van der Waals surface area contributed by atoms with E-state index in [4.69, 9.17) is 10.5 Å². The number of fused-ring (bicyclic) bond motifs is 1. The number of rotatable bonds is 2. The molecule has 0 amide bonds. The Balaban J connectivity index is 2.19. The third-order valence-corrected chi connectivity index (χ3v) is 3.03. The van der Waals surface area contributed by atoms with Gasteiger partial charge in [0.1, 0.15) is 17.9 Å². The van der Waals surface area contributed by atoms with Crippen LogP contribution in [0, 0.1) is 0 Å². The number of nitrogens with zero attached hydrogens (tertiary/aromatic N) is 4. The van der Waals surface area contributed by atoms with Crippen molar-refractivity contribution >= 4 is 17.0 Å². The first kappa shape index (κ1) is 11.5. The molecule has 0 radical (unpaired) electrons. The highest BCUT2D eigenvalue weighted by Crippen LogP contribution is 2.25. The Morgan fingerprint density at radius 3 is 2.53 bits per heavy atom. The van der Waals surface area contributed by atoms with Gasteiger partial charge >= 0.3 is 0 Å². The van der Waals surface area contributed by atoms with Gasteiger partial charge < -0.3 is 15.0 Å². The molecular formula is C13H13N5O. The minimum atomic E-state index is 0.389. The lowest BCUT2D eigenvalue weighted by molar-refractivity contribution is 0.415. The molecule has 96 valence electrons. The zero-order valence-corrected chi connectivity index (χ0v) is 10.7. The summed E-state index contributed by atoms with van der Waals surface area (Å²) < 4.78 is 7.04. The van der Waals surface area contributed by atoms with E-state index in [9.17, 15) is 0 Å². The molecule has 2 N–H and O–H groups in total. The molecule has 2 heterocycles. The largest absolute Gasteiger partial charge is 0.497 e. The van der Waals surface area contributed by atoms with Crippen LogP contribution < -0.4 is 10.5 Å². The molecule has 0 aliphatic rings. The summed E-state index contributed by atoms with van der Waals surface area (Å²) in [5.74, 6) is 1.99. The molecule has 0 unspecified atom stereocenters. The van der Waals surface area contributed by atoms with Crippen LogP contribution in [0.3, 0.4) is 0 Å². The summed E-state index contributed by atoms with van der Waals surface area (Å²) in [6.45, 7) is 0. The van der Waals surface area contributed by atoms with Crippen LogP contribution in [-0.2, 0) is 7.05 Å². The number of imidazole rings is 1. The second-order valence-electron chi connectivity index (χ2n) is 4.15. The Morgan fingerprint density at radius 2 is 1.89 bits per heavy atom. The van der Waals surface area contributed by atoms with E-state index >= 15 is 0 Å². The van der Waals surface area contributed by atoms with E-state index < -0.39 is 0 Å². The molecule has 0 spiro atoms. The lowest BCUT2D eigenvalue weighted by Crippen LogP contribution is -1.95. The molecule has 1 aromatic carbocycles. The van der Waals surface area contributed by atoms with Crippen molar-refractivity contribution in [2.75, 3.05) is 12.8 Å². The van der Waals surface area contributed by atoms with Gasteiger partial charge in [-0.05, 0) is 24.3 Å². The number of anilines is 1. The minimum absolute atomic E-state index is 0.389. The molecule has 0 aliphatic carbocycles. The van der Waals surface area contributed by atoms with Crippen molar-refractivity contribution in [3.63, 3.8) is 0 Å². The molecule has 0 bridgehead atoms. The molecule has 0 saturated heterocycles. The zero-order chi connectivity index (χ0) is 13.4. The molecule has 3 aromatic rings. The average Bonchev–Trinajstić information content (AvgIpc) is 2.78. The number of ether oxygens (including phenoxy) is 1. The molecule has 0 aliphatic heterocycles. The standard InChI is InChI=1S/C13H13N5O/c1-18-12(8-3-5-9(19-2)6-4-8)17-10-11(14)15-7-16-13(10)18/h3-7H,1-2H3,(H2,14,15,16). The number of hydrogen-bond acceptors (Lipinski definition) is 5. The highest BCUT2D eigenvalue weighted by atomic mass is 16.5. The first-order valence-corrected chi connectivity index (χ1v) is 5.78. The van der Waals surface area contributed by atoms with Gasteiger partial charge in [-0.2, -0.15) is 0 Å². The predicted molar refractivity (Wildman–Crippen MR) is 72.7 cm³/mol. The molecule has 6 nitrogen and oxygen atoms in total. The van der Waals surface area contributed by atoms with E-state index in [2.05, 4.69) is 15.0 Å². The predicted octanol–water partition coefficient (Wildman–Crippen LogP) is 1.62. The second kappa shape index (κ2) is 4.24. The molecular weight excluding hydrogens is 242 g/mol. The summed E-state index contributed by atoms with van der Waals surface area (Å²) in [5.41, 5.74) is 8.13. The van der Waals surface area contributed by atoms with Gasteiger partial charge in [0.25, 0.3) is 0 Å². The number of aromatic nitrogens is 4. The van der Waals surface area contributed by atoms with Crippen molar-refractivity contribution in [3.8, 4) is 17.1 Å². The Labute approximate surface area is 109 Å². The SMILES string of the molecule is COc1ccc(-c2nc3c(N)ncnc3n2C)cc1. The maximum absolute atomic E-state index is 5.82. The van der Waals surface area contributed by atoms with Crippen LogP contribution in [-0.4, -0.2) is 26.6 Å². The van der Waals surface area contributed by atoms with Crippen molar-refractivity contribution in [2.45, 2.75) is 0 Å². The molecule has 3 rings (SSSR count). The van der Waals surface area contributed by atoms with Crippen LogP contribution in [0.15, 0.2) is 30.6 Å². The number of benzene rings is 1. The van der Waals surface area contributed by atoms with Crippen LogP contribution >= 0.6 is 0 Å². The summed E-state index contributed by atoms with van der Waals surface area (Å²) in [4.78, 5) is 12.7. The van der Waals surface area contributed by atoms with Crippen LogP contribution in [0.1, 0.15) is 0 Å². The third kappa shape index (κ3) is 1.77. The Kier molecular flexibility index (Phi) is 2.56. The van der Waals surface area contributed by atoms with Crippen LogP contribution in [0.2, 0.25) is 0 Å². The molecule has 6 heteroatoms. The lowest BCUT2D eigenvalue weighted by atomic mass is 10.2. The van der Waals surface area contributed by atoms with Gasteiger partial charge in [-0.1, -0.05) is 0 Å². The normalized spacial score (nSPS) is 10.8. The van der Waals surface area contributed by atoms with Crippen molar-refractivity contribution in [1.29, 1.82) is 0 Å². The fourth-order valence-corrected chi connectivity index (χ4v) is 2.01. The van der Waals surface area contributed by atoms with Crippen LogP contribution in [0.25, 0.3) is 22.6 Å². The van der Waals surface area contributed by atoms with E-state index in [1.54, 1.807) is 7.11 Å². The van der Waals surface area contributed by atoms with E-state index in [-0.39, 0.29) is 0 Å².